The van der Waals surface area contributed by atoms with Gasteiger partial charge in [0.15, 0.2) is 0 Å². The van der Waals surface area contributed by atoms with Gasteiger partial charge in [-0.2, -0.15) is 0 Å². The first-order valence-corrected chi connectivity index (χ1v) is 21.1. The van der Waals surface area contributed by atoms with Gasteiger partial charge in [-0.3, -0.25) is 0 Å². The summed E-state index contributed by atoms with van der Waals surface area (Å²) in [6.07, 6.45) is 0. The molecule has 61 heavy (non-hydrogen) atoms. The number of anilines is 3. The van der Waals surface area contributed by atoms with Crippen LogP contribution >= 0.6 is 0 Å². The Kier molecular flexibility index (Phi) is 8.11. The summed E-state index contributed by atoms with van der Waals surface area (Å²) in [7, 11) is 0. The van der Waals surface area contributed by atoms with Crippen LogP contribution in [0.25, 0.3) is 60.5 Å². The van der Waals surface area contributed by atoms with Gasteiger partial charge in [-0.05, 0) is 110 Å². The molecule has 0 amide bonds. The highest BCUT2D eigenvalue weighted by Crippen LogP contribution is 2.58. The van der Waals surface area contributed by atoms with Crippen molar-refractivity contribution < 1.29 is 0 Å². The van der Waals surface area contributed by atoms with Gasteiger partial charge in [-0.25, -0.2) is 0 Å². The first kappa shape index (κ1) is 35.0. The lowest BCUT2D eigenvalue weighted by Crippen LogP contribution is -2.28. The zero-order chi connectivity index (χ0) is 40.3. The highest BCUT2D eigenvalue weighted by atomic mass is 15.1. The van der Waals surface area contributed by atoms with Crippen molar-refractivity contribution in [2.45, 2.75) is 5.41 Å². The first-order valence-electron chi connectivity index (χ1n) is 21.1. The molecule has 0 aliphatic heterocycles. The van der Waals surface area contributed by atoms with Gasteiger partial charge in [-0.1, -0.05) is 182 Å². The van der Waals surface area contributed by atoms with Crippen molar-refractivity contribution >= 4 is 49.6 Å². The summed E-state index contributed by atoms with van der Waals surface area (Å²) in [5, 5.41) is 4.95. The molecule has 0 atom stereocenters. The van der Waals surface area contributed by atoms with Crippen LogP contribution in [0.3, 0.4) is 0 Å². The molecule has 11 aromatic rings. The Balaban J connectivity index is 1.13. The molecule has 1 aliphatic rings. The molecule has 12 rings (SSSR count). The molecule has 0 N–H and O–H groups in total. The maximum atomic E-state index is 2.47. The average Bonchev–Trinajstić information content (AvgIpc) is 3.81. The topological polar surface area (TPSA) is 8.17 Å². The van der Waals surface area contributed by atoms with E-state index in [1.54, 1.807) is 0 Å². The van der Waals surface area contributed by atoms with Crippen LogP contribution in [0, 0.1) is 0 Å². The van der Waals surface area contributed by atoms with Gasteiger partial charge < -0.3 is 9.47 Å². The van der Waals surface area contributed by atoms with E-state index in [2.05, 4.69) is 252 Å². The van der Waals surface area contributed by atoms with E-state index < -0.39 is 5.41 Å². The summed E-state index contributed by atoms with van der Waals surface area (Å²) in [5.41, 5.74) is 16.3. The van der Waals surface area contributed by atoms with Crippen LogP contribution in [0.5, 0.6) is 0 Å². The minimum Gasteiger partial charge on any atom is -0.310 e. The second-order valence-corrected chi connectivity index (χ2v) is 16.1. The fourth-order valence-corrected chi connectivity index (χ4v) is 10.2. The van der Waals surface area contributed by atoms with E-state index in [1.165, 1.54) is 71.6 Å². The zero-order valence-corrected chi connectivity index (χ0v) is 33.5. The van der Waals surface area contributed by atoms with Gasteiger partial charge in [0.05, 0.1) is 22.1 Å². The summed E-state index contributed by atoms with van der Waals surface area (Å²) < 4.78 is 2.46. The average molecular weight is 777 g/mol. The largest absolute Gasteiger partial charge is 0.310 e. The Labute approximate surface area is 355 Å². The Hall–Kier alpha value is -7.94. The van der Waals surface area contributed by atoms with E-state index in [-0.39, 0.29) is 0 Å². The molecule has 0 spiro atoms. The molecule has 2 nitrogen and oxygen atoms in total. The van der Waals surface area contributed by atoms with Crippen molar-refractivity contribution in [3.63, 3.8) is 0 Å². The lowest BCUT2D eigenvalue weighted by Gasteiger charge is -2.35. The molecule has 1 aliphatic carbocycles. The molecular weight excluding hydrogens is 737 g/mol. The Bertz CT molecular complexity index is 3360. The molecule has 0 saturated heterocycles. The molecule has 1 aromatic heterocycles. The van der Waals surface area contributed by atoms with Crippen molar-refractivity contribution in [1.82, 2.24) is 4.57 Å². The van der Waals surface area contributed by atoms with Crippen molar-refractivity contribution in [2.24, 2.45) is 0 Å². The molecule has 0 saturated carbocycles. The number of hydrogen-bond donors (Lipinski definition) is 0. The third-order valence-electron chi connectivity index (χ3n) is 12.8. The highest BCUT2D eigenvalue weighted by Gasteiger charge is 2.46. The first-order chi connectivity index (χ1) is 30.3. The molecule has 0 bridgehead atoms. The Morgan fingerprint density at radius 2 is 0.869 bits per heavy atom. The Morgan fingerprint density at radius 1 is 0.328 bits per heavy atom. The smallest absolute Gasteiger partial charge is 0.0714 e. The van der Waals surface area contributed by atoms with Crippen molar-refractivity contribution in [3.8, 4) is 27.9 Å². The van der Waals surface area contributed by atoms with Gasteiger partial charge in [0.25, 0.3) is 0 Å². The quantitative estimate of drug-likeness (QED) is 0.156. The van der Waals surface area contributed by atoms with E-state index in [4.69, 9.17) is 0 Å². The van der Waals surface area contributed by atoms with Gasteiger partial charge in [0.2, 0.25) is 0 Å². The number of hydrogen-bond acceptors (Lipinski definition) is 1. The molecule has 2 heteroatoms. The fourth-order valence-electron chi connectivity index (χ4n) is 10.2. The van der Waals surface area contributed by atoms with Crippen LogP contribution in [0.2, 0.25) is 0 Å². The van der Waals surface area contributed by atoms with Gasteiger partial charge in [-0.15, -0.1) is 0 Å². The van der Waals surface area contributed by atoms with E-state index in [1.807, 2.05) is 0 Å². The molecule has 10 aromatic carbocycles. The fraction of sp³-hybridized carbons (Fsp3) is 0.0169. The molecule has 286 valence electrons. The highest BCUT2D eigenvalue weighted by molar-refractivity contribution is 6.11. The summed E-state index contributed by atoms with van der Waals surface area (Å²) in [4.78, 5) is 2.44. The van der Waals surface area contributed by atoms with Gasteiger partial charge in [0, 0.05) is 33.4 Å². The van der Waals surface area contributed by atoms with Crippen molar-refractivity contribution in [3.05, 3.63) is 265 Å². The minimum absolute atomic E-state index is 0.548. The summed E-state index contributed by atoms with van der Waals surface area (Å²) in [6.45, 7) is 0. The molecule has 0 unspecified atom stereocenters. The molecule has 0 fully saturated rings. The van der Waals surface area contributed by atoms with E-state index in [0.29, 0.717) is 0 Å². The number of para-hydroxylation sites is 3. The molecular formula is C59H40N2. The van der Waals surface area contributed by atoms with Crippen LogP contribution in [-0.4, -0.2) is 4.57 Å². The van der Waals surface area contributed by atoms with E-state index in [0.717, 1.165) is 28.3 Å². The number of aromatic nitrogens is 1. The third kappa shape index (κ3) is 5.43. The van der Waals surface area contributed by atoms with Crippen LogP contribution in [0.1, 0.15) is 22.3 Å². The standard InChI is InChI=1S/C59H40N2/c1-5-19-41(20-6-1)49-29-15-17-31-56(49)61-57-32-18-16-30-51(57)52-36-34-48(40-58(52)61)60(46-27-11-4-12-28-46)47-33-35-50-53-37-42-21-13-14-22-43(42)38-54(53)59(55(50)39-47,44-23-7-2-8-24-44)45-25-9-3-10-26-45/h1-40H. The van der Waals surface area contributed by atoms with Crippen molar-refractivity contribution in [1.29, 1.82) is 0 Å². The number of fused-ring (bicyclic) bond motifs is 7. The second-order valence-electron chi connectivity index (χ2n) is 16.1. The second kappa shape index (κ2) is 14.1. The van der Waals surface area contributed by atoms with Crippen LogP contribution in [-0.2, 0) is 5.41 Å². The predicted molar refractivity (Wildman–Crippen MR) is 256 cm³/mol. The minimum atomic E-state index is -0.548. The molecule has 1 heterocycles. The summed E-state index contributed by atoms with van der Waals surface area (Å²) in [6, 6.07) is 89.2. The maximum absolute atomic E-state index is 2.47. The van der Waals surface area contributed by atoms with Gasteiger partial charge in [0.1, 0.15) is 0 Å². The summed E-state index contributed by atoms with van der Waals surface area (Å²) in [5.74, 6) is 0. The van der Waals surface area contributed by atoms with Crippen LogP contribution in [0.15, 0.2) is 243 Å². The van der Waals surface area contributed by atoms with Crippen LogP contribution in [0.4, 0.5) is 17.1 Å². The number of benzene rings is 10. The van der Waals surface area contributed by atoms with E-state index in [9.17, 15) is 0 Å². The summed E-state index contributed by atoms with van der Waals surface area (Å²) >= 11 is 0. The van der Waals surface area contributed by atoms with E-state index >= 15 is 0 Å². The maximum Gasteiger partial charge on any atom is 0.0714 e. The van der Waals surface area contributed by atoms with Crippen molar-refractivity contribution in [2.75, 3.05) is 4.90 Å². The lowest BCUT2D eigenvalue weighted by atomic mass is 9.67. The lowest BCUT2D eigenvalue weighted by molar-refractivity contribution is 0.769. The number of nitrogens with zero attached hydrogens (tertiary/aromatic N) is 2. The predicted octanol–water partition coefficient (Wildman–Crippen LogP) is 15.4. The third-order valence-corrected chi connectivity index (χ3v) is 12.8. The normalized spacial score (nSPS) is 12.7. The SMILES string of the molecule is c1ccc(-c2ccccc2-n2c3ccccc3c3ccc(N(c4ccccc4)c4ccc5c(c4)C(c4ccccc4)(c4ccccc4)c4cc6ccccc6cc4-5)cc32)cc1. The zero-order valence-electron chi connectivity index (χ0n) is 33.5. The molecule has 0 radical (unpaired) electrons. The number of rotatable bonds is 7. The van der Waals surface area contributed by atoms with Gasteiger partial charge >= 0.3 is 0 Å². The monoisotopic (exact) mass is 776 g/mol. The Morgan fingerprint density at radius 3 is 1.61 bits per heavy atom. The van der Waals surface area contributed by atoms with Crippen LogP contribution < -0.4 is 4.90 Å².